The van der Waals surface area contributed by atoms with Crippen LogP contribution >= 0.6 is 0 Å². The zero-order chi connectivity index (χ0) is 32.8. The fraction of sp³-hybridized carbons (Fsp3) is 0.368. The van der Waals surface area contributed by atoms with Crippen molar-refractivity contribution in [3.05, 3.63) is 122 Å². The summed E-state index contributed by atoms with van der Waals surface area (Å²) >= 11 is 0. The van der Waals surface area contributed by atoms with Gasteiger partial charge in [0.1, 0.15) is 6.61 Å². The third kappa shape index (κ3) is 6.08. The molecule has 0 atom stereocenters. The highest BCUT2D eigenvalue weighted by Gasteiger charge is 2.49. The SMILES string of the molecule is COc1cc(C2C3=C(CC(C)(C)CC3=O)N(Cc3ccccc3)C3=C2C(=O)CC(C)(C)C3)ccc1OCc1ccc([N+](=O)[O-])cc1. The summed E-state index contributed by atoms with van der Waals surface area (Å²) in [7, 11) is 1.57. The van der Waals surface area contributed by atoms with E-state index in [9.17, 15) is 19.7 Å². The van der Waals surface area contributed by atoms with Gasteiger partial charge in [-0.15, -0.1) is 0 Å². The summed E-state index contributed by atoms with van der Waals surface area (Å²) in [5.41, 5.74) is 5.76. The van der Waals surface area contributed by atoms with E-state index in [1.807, 2.05) is 36.4 Å². The van der Waals surface area contributed by atoms with E-state index in [0.29, 0.717) is 42.0 Å². The number of methoxy groups -OCH3 is 1. The Hall–Kier alpha value is -4.72. The van der Waals surface area contributed by atoms with Gasteiger partial charge in [0.15, 0.2) is 23.1 Å². The fourth-order valence-electron chi connectivity index (χ4n) is 7.20. The molecule has 0 radical (unpaired) electrons. The van der Waals surface area contributed by atoms with E-state index in [1.165, 1.54) is 12.1 Å². The van der Waals surface area contributed by atoms with Crippen LogP contribution < -0.4 is 9.47 Å². The minimum absolute atomic E-state index is 0.0177. The molecule has 238 valence electrons. The zero-order valence-electron chi connectivity index (χ0n) is 27.1. The predicted molar refractivity (Wildman–Crippen MR) is 175 cm³/mol. The van der Waals surface area contributed by atoms with E-state index in [0.717, 1.165) is 40.9 Å². The van der Waals surface area contributed by atoms with Crippen LogP contribution in [0.25, 0.3) is 0 Å². The summed E-state index contributed by atoms with van der Waals surface area (Å²) in [6.45, 7) is 9.36. The summed E-state index contributed by atoms with van der Waals surface area (Å²) in [4.78, 5) is 41.2. The summed E-state index contributed by atoms with van der Waals surface area (Å²) in [5, 5.41) is 11.0. The Labute approximate surface area is 269 Å². The number of non-ortho nitro benzene ring substituents is 1. The number of carbonyl (C=O) groups is 2. The largest absolute Gasteiger partial charge is 0.493 e. The second-order valence-electron chi connectivity index (χ2n) is 14.2. The Morgan fingerprint density at radius 1 is 0.783 bits per heavy atom. The Morgan fingerprint density at radius 2 is 1.37 bits per heavy atom. The van der Waals surface area contributed by atoms with Crippen molar-refractivity contribution in [2.75, 3.05) is 7.11 Å². The van der Waals surface area contributed by atoms with Crippen molar-refractivity contribution >= 4 is 17.3 Å². The average Bonchev–Trinajstić information content (AvgIpc) is 3.00. The number of ketones is 2. The number of nitro benzene ring substituents is 1. The quantitative estimate of drug-likeness (QED) is 0.185. The molecule has 6 rings (SSSR count). The summed E-state index contributed by atoms with van der Waals surface area (Å²) in [5.74, 6) is 0.651. The molecule has 2 aliphatic carbocycles. The highest BCUT2D eigenvalue weighted by molar-refractivity contribution is 6.06. The molecule has 46 heavy (non-hydrogen) atoms. The number of allylic oxidation sites excluding steroid dienone is 4. The Balaban J connectivity index is 1.43. The first-order valence-corrected chi connectivity index (χ1v) is 15.7. The molecular formula is C38H40N2O6. The number of carbonyl (C=O) groups excluding carboxylic acids is 2. The Kier molecular flexibility index (Phi) is 8.09. The van der Waals surface area contributed by atoms with E-state index in [-0.39, 0.29) is 34.7 Å². The minimum Gasteiger partial charge on any atom is -0.493 e. The molecule has 0 saturated carbocycles. The lowest BCUT2D eigenvalue weighted by Gasteiger charge is -2.49. The number of rotatable bonds is 8. The van der Waals surface area contributed by atoms with Gasteiger partial charge in [-0.2, -0.15) is 0 Å². The van der Waals surface area contributed by atoms with Crippen LogP contribution in [0.3, 0.4) is 0 Å². The van der Waals surface area contributed by atoms with Crippen LogP contribution in [-0.2, 0) is 22.7 Å². The molecule has 0 bridgehead atoms. The van der Waals surface area contributed by atoms with Crippen molar-refractivity contribution in [2.45, 2.75) is 72.4 Å². The molecule has 8 nitrogen and oxygen atoms in total. The standard InChI is InChI=1S/C38H40N2O6/c1-37(2)18-28-35(30(41)20-37)34(36-29(19-38(3,4)21-31(36)42)39(28)22-24-9-7-6-8-10-24)26-13-16-32(33(17-26)45-5)46-23-25-11-14-27(15-12-25)40(43)44/h6-17,34H,18-23H2,1-5H3. The second kappa shape index (κ2) is 11.9. The molecule has 1 heterocycles. The first-order chi connectivity index (χ1) is 21.9. The van der Waals surface area contributed by atoms with Crippen molar-refractivity contribution in [1.29, 1.82) is 0 Å². The molecule has 0 aromatic heterocycles. The molecule has 0 amide bonds. The van der Waals surface area contributed by atoms with Crippen molar-refractivity contribution in [3.8, 4) is 11.5 Å². The third-order valence-electron chi connectivity index (χ3n) is 9.27. The van der Waals surface area contributed by atoms with Crippen LogP contribution in [0.1, 0.15) is 76.0 Å². The van der Waals surface area contributed by atoms with Gasteiger partial charge in [0.25, 0.3) is 5.69 Å². The van der Waals surface area contributed by atoms with Crippen molar-refractivity contribution in [3.63, 3.8) is 0 Å². The molecule has 3 aromatic rings. The lowest BCUT2D eigenvalue weighted by atomic mass is 9.63. The maximum atomic E-state index is 14.2. The molecule has 1 aliphatic heterocycles. The van der Waals surface area contributed by atoms with E-state index in [4.69, 9.17) is 9.47 Å². The minimum atomic E-state index is -0.498. The Morgan fingerprint density at radius 3 is 1.91 bits per heavy atom. The van der Waals surface area contributed by atoms with Crippen LogP contribution in [0.15, 0.2) is 95.3 Å². The lowest BCUT2D eigenvalue weighted by molar-refractivity contribution is -0.384. The number of ether oxygens (including phenoxy) is 2. The fourth-order valence-corrected chi connectivity index (χ4v) is 7.20. The maximum absolute atomic E-state index is 14.2. The van der Waals surface area contributed by atoms with E-state index >= 15 is 0 Å². The molecule has 0 saturated heterocycles. The van der Waals surface area contributed by atoms with Crippen LogP contribution in [0, 0.1) is 20.9 Å². The number of hydrogen-bond acceptors (Lipinski definition) is 7. The third-order valence-corrected chi connectivity index (χ3v) is 9.27. The highest BCUT2D eigenvalue weighted by atomic mass is 16.6. The van der Waals surface area contributed by atoms with Crippen LogP contribution in [0.5, 0.6) is 11.5 Å². The molecule has 0 fully saturated rings. The Bertz CT molecular complexity index is 1710. The number of nitrogens with zero attached hydrogens (tertiary/aromatic N) is 2. The first kappa shape index (κ1) is 31.3. The van der Waals surface area contributed by atoms with Crippen molar-refractivity contribution in [1.82, 2.24) is 4.90 Å². The van der Waals surface area contributed by atoms with E-state index in [1.54, 1.807) is 19.2 Å². The monoisotopic (exact) mass is 620 g/mol. The smallest absolute Gasteiger partial charge is 0.269 e. The molecule has 3 aromatic carbocycles. The van der Waals surface area contributed by atoms with Gasteiger partial charge in [-0.05, 0) is 64.6 Å². The normalized spacial score (nSPS) is 19.1. The van der Waals surface area contributed by atoms with Gasteiger partial charge in [0, 0.05) is 60.0 Å². The van der Waals surface area contributed by atoms with Gasteiger partial charge in [-0.25, -0.2) is 0 Å². The van der Waals surface area contributed by atoms with Crippen LogP contribution in [0.2, 0.25) is 0 Å². The van der Waals surface area contributed by atoms with E-state index in [2.05, 4.69) is 44.7 Å². The van der Waals surface area contributed by atoms with Crippen LogP contribution in [0.4, 0.5) is 5.69 Å². The number of benzene rings is 3. The van der Waals surface area contributed by atoms with Gasteiger partial charge in [0.2, 0.25) is 0 Å². The van der Waals surface area contributed by atoms with E-state index < -0.39 is 10.8 Å². The van der Waals surface area contributed by atoms with Gasteiger partial charge in [-0.3, -0.25) is 19.7 Å². The molecular weight excluding hydrogens is 580 g/mol. The molecule has 3 aliphatic rings. The predicted octanol–water partition coefficient (Wildman–Crippen LogP) is 8.07. The highest BCUT2D eigenvalue weighted by Crippen LogP contribution is 2.55. The topological polar surface area (TPSA) is 99.0 Å². The number of hydrogen-bond donors (Lipinski definition) is 0. The summed E-state index contributed by atoms with van der Waals surface area (Å²) in [6, 6.07) is 22.1. The van der Waals surface area contributed by atoms with Gasteiger partial charge in [-0.1, -0.05) is 64.1 Å². The molecule has 0 unspecified atom stereocenters. The first-order valence-electron chi connectivity index (χ1n) is 15.7. The molecule has 0 spiro atoms. The average molecular weight is 621 g/mol. The summed E-state index contributed by atoms with van der Waals surface area (Å²) in [6.07, 6.45) is 2.29. The maximum Gasteiger partial charge on any atom is 0.269 e. The lowest BCUT2D eigenvalue weighted by Crippen LogP contribution is -2.44. The van der Waals surface area contributed by atoms with Crippen molar-refractivity contribution in [2.24, 2.45) is 10.8 Å². The summed E-state index contributed by atoms with van der Waals surface area (Å²) < 4.78 is 11.9. The van der Waals surface area contributed by atoms with Gasteiger partial charge in [0.05, 0.1) is 12.0 Å². The second-order valence-corrected chi connectivity index (χ2v) is 14.2. The zero-order valence-corrected chi connectivity index (χ0v) is 27.1. The van der Waals surface area contributed by atoms with Crippen LogP contribution in [-0.4, -0.2) is 28.5 Å². The molecule has 0 N–H and O–H groups in total. The van der Waals surface area contributed by atoms with Gasteiger partial charge >= 0.3 is 0 Å². The number of Topliss-reactive ketones (excluding diaryl/α,β-unsaturated/α-hetero) is 2. The molecule has 8 heteroatoms. The van der Waals surface area contributed by atoms with Crippen molar-refractivity contribution < 1.29 is 24.0 Å². The van der Waals surface area contributed by atoms with Gasteiger partial charge < -0.3 is 14.4 Å². The number of nitro groups is 1.